The van der Waals surface area contributed by atoms with Crippen LogP contribution in [0.5, 0.6) is 0 Å². The highest BCUT2D eigenvalue weighted by molar-refractivity contribution is 5.76. The van der Waals surface area contributed by atoms with Crippen LogP contribution in [-0.2, 0) is 16.0 Å². The SMILES string of the molecule is CN(C)c1cccc(CCC(=O)NCCCC(=O)O)c1. The fourth-order valence-electron chi connectivity index (χ4n) is 1.80. The molecule has 0 saturated heterocycles. The van der Waals surface area contributed by atoms with E-state index in [4.69, 9.17) is 5.11 Å². The lowest BCUT2D eigenvalue weighted by Gasteiger charge is -2.13. The highest BCUT2D eigenvalue weighted by Gasteiger charge is 2.04. The number of benzene rings is 1. The van der Waals surface area contributed by atoms with E-state index in [0.29, 0.717) is 25.8 Å². The van der Waals surface area contributed by atoms with Crippen molar-refractivity contribution in [2.75, 3.05) is 25.5 Å². The first-order chi connectivity index (χ1) is 9.49. The van der Waals surface area contributed by atoms with Crippen LogP contribution in [0, 0.1) is 0 Å². The minimum absolute atomic E-state index is 0.0364. The first kappa shape index (κ1) is 16.0. The van der Waals surface area contributed by atoms with E-state index in [1.54, 1.807) is 0 Å². The summed E-state index contributed by atoms with van der Waals surface area (Å²) in [5.74, 6) is -0.870. The van der Waals surface area contributed by atoms with Gasteiger partial charge in [-0.05, 0) is 30.5 Å². The second kappa shape index (κ2) is 8.19. The third kappa shape index (κ3) is 6.22. The van der Waals surface area contributed by atoms with Gasteiger partial charge in [0.1, 0.15) is 0 Å². The summed E-state index contributed by atoms with van der Waals surface area (Å²) in [5.41, 5.74) is 2.24. The van der Waals surface area contributed by atoms with E-state index in [1.807, 2.05) is 37.2 Å². The van der Waals surface area contributed by atoms with E-state index in [-0.39, 0.29) is 12.3 Å². The molecular weight excluding hydrogens is 256 g/mol. The number of hydrogen-bond acceptors (Lipinski definition) is 3. The van der Waals surface area contributed by atoms with Gasteiger partial charge < -0.3 is 15.3 Å². The molecule has 0 atom stereocenters. The van der Waals surface area contributed by atoms with Crippen LogP contribution in [0.25, 0.3) is 0 Å². The van der Waals surface area contributed by atoms with E-state index in [0.717, 1.165) is 11.3 Å². The molecule has 110 valence electrons. The Morgan fingerprint density at radius 2 is 2.00 bits per heavy atom. The molecule has 0 aliphatic heterocycles. The lowest BCUT2D eigenvalue weighted by atomic mass is 10.1. The third-order valence-corrected chi connectivity index (χ3v) is 2.96. The highest BCUT2D eigenvalue weighted by Crippen LogP contribution is 2.14. The molecule has 0 aliphatic rings. The Hall–Kier alpha value is -2.04. The summed E-state index contributed by atoms with van der Waals surface area (Å²) in [5, 5.41) is 11.2. The number of carboxylic acid groups (broad SMARTS) is 1. The second-order valence-corrected chi connectivity index (χ2v) is 4.91. The third-order valence-electron chi connectivity index (χ3n) is 2.96. The first-order valence-corrected chi connectivity index (χ1v) is 6.74. The van der Waals surface area contributed by atoms with Crippen LogP contribution in [0.2, 0.25) is 0 Å². The van der Waals surface area contributed by atoms with Gasteiger partial charge in [0.05, 0.1) is 0 Å². The van der Waals surface area contributed by atoms with Crippen molar-refractivity contribution in [3.63, 3.8) is 0 Å². The van der Waals surface area contributed by atoms with Gasteiger partial charge in [0, 0.05) is 39.2 Å². The zero-order valence-corrected chi connectivity index (χ0v) is 12.1. The predicted molar refractivity (Wildman–Crippen MR) is 79.0 cm³/mol. The number of aryl methyl sites for hydroxylation is 1. The van der Waals surface area contributed by atoms with Gasteiger partial charge in [0.2, 0.25) is 5.91 Å². The average Bonchev–Trinajstić information content (AvgIpc) is 2.41. The quantitative estimate of drug-likeness (QED) is 0.710. The molecule has 5 nitrogen and oxygen atoms in total. The Morgan fingerprint density at radius 1 is 1.25 bits per heavy atom. The second-order valence-electron chi connectivity index (χ2n) is 4.91. The molecule has 0 spiro atoms. The van der Waals surface area contributed by atoms with Gasteiger partial charge in [-0.25, -0.2) is 0 Å². The van der Waals surface area contributed by atoms with E-state index >= 15 is 0 Å². The monoisotopic (exact) mass is 278 g/mol. The molecule has 0 heterocycles. The Balaban J connectivity index is 2.30. The summed E-state index contributed by atoms with van der Waals surface area (Å²) >= 11 is 0. The molecule has 0 bridgehead atoms. The van der Waals surface area contributed by atoms with E-state index in [1.165, 1.54) is 0 Å². The largest absolute Gasteiger partial charge is 0.481 e. The molecular formula is C15H22N2O3. The summed E-state index contributed by atoms with van der Waals surface area (Å²) in [6.45, 7) is 0.420. The smallest absolute Gasteiger partial charge is 0.303 e. The van der Waals surface area contributed by atoms with E-state index in [2.05, 4.69) is 11.4 Å². The maximum Gasteiger partial charge on any atom is 0.303 e. The van der Waals surface area contributed by atoms with Crippen LogP contribution >= 0.6 is 0 Å². The van der Waals surface area contributed by atoms with Crippen LogP contribution in [0.4, 0.5) is 5.69 Å². The summed E-state index contributed by atoms with van der Waals surface area (Å²) in [7, 11) is 3.96. The van der Waals surface area contributed by atoms with Crippen LogP contribution in [0.1, 0.15) is 24.8 Å². The van der Waals surface area contributed by atoms with Gasteiger partial charge in [-0.3, -0.25) is 9.59 Å². The van der Waals surface area contributed by atoms with Crippen molar-refractivity contribution in [3.05, 3.63) is 29.8 Å². The minimum atomic E-state index is -0.834. The number of carbonyl (C=O) groups is 2. The average molecular weight is 278 g/mol. The molecule has 20 heavy (non-hydrogen) atoms. The Labute approximate surface area is 119 Å². The van der Waals surface area contributed by atoms with Crippen molar-refractivity contribution in [1.29, 1.82) is 0 Å². The van der Waals surface area contributed by atoms with Gasteiger partial charge in [0.25, 0.3) is 0 Å². The molecule has 0 unspecified atom stereocenters. The number of nitrogens with zero attached hydrogens (tertiary/aromatic N) is 1. The van der Waals surface area contributed by atoms with Crippen molar-refractivity contribution in [2.24, 2.45) is 0 Å². The molecule has 0 aliphatic carbocycles. The van der Waals surface area contributed by atoms with Crippen molar-refractivity contribution in [3.8, 4) is 0 Å². The number of nitrogens with one attached hydrogen (secondary N) is 1. The number of carboxylic acids is 1. The standard InChI is InChI=1S/C15H22N2O3/c1-17(2)13-6-3-5-12(11-13)8-9-14(18)16-10-4-7-15(19)20/h3,5-6,11H,4,7-10H2,1-2H3,(H,16,18)(H,19,20). The first-order valence-electron chi connectivity index (χ1n) is 6.74. The van der Waals surface area contributed by atoms with Crippen LogP contribution in [-0.4, -0.2) is 37.6 Å². The van der Waals surface area contributed by atoms with Gasteiger partial charge in [-0.2, -0.15) is 0 Å². The Bertz CT molecular complexity index is 458. The lowest BCUT2D eigenvalue weighted by molar-refractivity contribution is -0.137. The summed E-state index contributed by atoms with van der Waals surface area (Å²) in [4.78, 5) is 24.0. The normalized spacial score (nSPS) is 10.1. The summed E-state index contributed by atoms with van der Waals surface area (Å²) in [6.07, 6.45) is 1.67. The van der Waals surface area contributed by atoms with Crippen molar-refractivity contribution in [1.82, 2.24) is 5.32 Å². The highest BCUT2D eigenvalue weighted by atomic mass is 16.4. The topological polar surface area (TPSA) is 69.6 Å². The van der Waals surface area contributed by atoms with Crippen molar-refractivity contribution < 1.29 is 14.7 Å². The lowest BCUT2D eigenvalue weighted by Crippen LogP contribution is -2.25. The fourth-order valence-corrected chi connectivity index (χ4v) is 1.80. The maximum atomic E-state index is 11.6. The molecule has 1 aromatic carbocycles. The van der Waals surface area contributed by atoms with E-state index < -0.39 is 5.97 Å². The van der Waals surface area contributed by atoms with Crippen molar-refractivity contribution >= 4 is 17.6 Å². The number of anilines is 1. The summed E-state index contributed by atoms with van der Waals surface area (Å²) in [6, 6.07) is 8.08. The summed E-state index contributed by atoms with van der Waals surface area (Å²) < 4.78 is 0. The van der Waals surface area contributed by atoms with Gasteiger partial charge in [-0.15, -0.1) is 0 Å². The molecule has 0 fully saturated rings. The minimum Gasteiger partial charge on any atom is -0.481 e. The molecule has 1 rings (SSSR count). The van der Waals surface area contributed by atoms with E-state index in [9.17, 15) is 9.59 Å². The Morgan fingerprint density at radius 3 is 2.65 bits per heavy atom. The maximum absolute atomic E-state index is 11.6. The fraction of sp³-hybridized carbons (Fsp3) is 0.467. The molecule has 5 heteroatoms. The number of carbonyl (C=O) groups excluding carboxylic acids is 1. The molecule has 0 aromatic heterocycles. The predicted octanol–water partition coefficient (Wildman–Crippen LogP) is 1.67. The van der Waals surface area contributed by atoms with Crippen LogP contribution in [0.3, 0.4) is 0 Å². The van der Waals surface area contributed by atoms with Gasteiger partial charge in [-0.1, -0.05) is 12.1 Å². The molecule has 1 aromatic rings. The number of aliphatic carboxylic acids is 1. The number of rotatable bonds is 8. The number of hydrogen-bond donors (Lipinski definition) is 2. The van der Waals surface area contributed by atoms with Gasteiger partial charge in [0.15, 0.2) is 0 Å². The molecule has 1 amide bonds. The molecule has 0 saturated carbocycles. The van der Waals surface area contributed by atoms with Gasteiger partial charge >= 0.3 is 5.97 Å². The zero-order valence-electron chi connectivity index (χ0n) is 12.1. The van der Waals surface area contributed by atoms with Crippen LogP contribution < -0.4 is 10.2 Å². The molecule has 2 N–H and O–H groups in total. The Kier molecular flexibility index (Phi) is 6.56. The zero-order chi connectivity index (χ0) is 15.0. The number of amides is 1. The van der Waals surface area contributed by atoms with Crippen LogP contribution in [0.15, 0.2) is 24.3 Å². The molecule has 0 radical (unpaired) electrons. The van der Waals surface area contributed by atoms with Crippen molar-refractivity contribution in [2.45, 2.75) is 25.7 Å².